The zero-order valence-electron chi connectivity index (χ0n) is 12.5. The van der Waals surface area contributed by atoms with Crippen LogP contribution in [0.5, 0.6) is 5.75 Å². The maximum atomic E-state index is 9.64. The van der Waals surface area contributed by atoms with Gasteiger partial charge in [0.05, 0.1) is 0 Å². The van der Waals surface area contributed by atoms with Crippen LogP contribution in [0.25, 0.3) is 0 Å². The molecule has 2 heteroatoms. The molecule has 1 rings (SSSR count). The molecule has 0 unspecified atom stereocenters. The molecule has 0 fully saturated rings. The van der Waals surface area contributed by atoms with Gasteiger partial charge in [0, 0.05) is 5.75 Å². The minimum atomic E-state index is 0.437. The summed E-state index contributed by atoms with van der Waals surface area (Å²) in [6.45, 7) is 4.35. The molecule has 0 bridgehead atoms. The third kappa shape index (κ3) is 6.91. The molecule has 0 atom stereocenters. The third-order valence-corrected chi connectivity index (χ3v) is 4.55. The summed E-state index contributed by atoms with van der Waals surface area (Å²) in [5, 5.41) is 9.64. The second kappa shape index (κ2) is 10.2. The molecule has 0 aliphatic rings. The van der Waals surface area contributed by atoms with Crippen LogP contribution < -0.4 is 0 Å². The molecule has 0 saturated heterocycles. The first-order chi connectivity index (χ1) is 9.27. The average Bonchev–Trinajstić information content (AvgIpc) is 2.43. The van der Waals surface area contributed by atoms with Crippen molar-refractivity contribution in [3.63, 3.8) is 0 Å². The highest BCUT2D eigenvalue weighted by molar-refractivity contribution is 7.98. The van der Waals surface area contributed by atoms with Gasteiger partial charge in [-0.2, -0.15) is 11.8 Å². The van der Waals surface area contributed by atoms with Crippen molar-refractivity contribution in [3.8, 4) is 5.75 Å². The van der Waals surface area contributed by atoms with Crippen LogP contribution in [0, 0.1) is 0 Å². The predicted octanol–water partition coefficient (Wildman–Crippen LogP) is 5.55. The maximum absolute atomic E-state index is 9.64. The number of rotatable bonds is 10. The highest BCUT2D eigenvalue weighted by Gasteiger charge is 2.01. The van der Waals surface area contributed by atoms with Crippen LogP contribution in [-0.4, -0.2) is 10.9 Å². The Balaban J connectivity index is 2.12. The van der Waals surface area contributed by atoms with Crippen molar-refractivity contribution in [2.24, 2.45) is 0 Å². The third-order valence-electron chi connectivity index (χ3n) is 3.44. The number of benzene rings is 1. The molecule has 19 heavy (non-hydrogen) atoms. The molecular weight excluding hydrogens is 252 g/mol. The second-order valence-electron chi connectivity index (χ2n) is 5.14. The second-order valence-corrected chi connectivity index (χ2v) is 6.24. The van der Waals surface area contributed by atoms with E-state index in [2.05, 4.69) is 19.9 Å². The van der Waals surface area contributed by atoms with Gasteiger partial charge in [0.2, 0.25) is 0 Å². The number of unbranched alkanes of at least 4 members (excludes halogenated alkanes) is 5. The number of phenols is 1. The van der Waals surface area contributed by atoms with Gasteiger partial charge in [0.25, 0.3) is 0 Å². The lowest BCUT2D eigenvalue weighted by Crippen LogP contribution is -1.88. The van der Waals surface area contributed by atoms with Gasteiger partial charge in [0.15, 0.2) is 0 Å². The number of hydrogen-bond acceptors (Lipinski definition) is 2. The smallest absolute Gasteiger partial charge is 0.118 e. The summed E-state index contributed by atoms with van der Waals surface area (Å²) in [5.41, 5.74) is 2.41. The Morgan fingerprint density at radius 2 is 1.74 bits per heavy atom. The van der Waals surface area contributed by atoms with Crippen molar-refractivity contribution in [1.82, 2.24) is 0 Å². The van der Waals surface area contributed by atoms with E-state index in [9.17, 15) is 5.11 Å². The topological polar surface area (TPSA) is 20.2 Å². The summed E-state index contributed by atoms with van der Waals surface area (Å²) < 4.78 is 0. The number of phenolic OH excluding ortho intramolecular Hbond substituents is 1. The molecule has 0 spiro atoms. The summed E-state index contributed by atoms with van der Waals surface area (Å²) in [6, 6.07) is 6.02. The van der Waals surface area contributed by atoms with E-state index in [1.165, 1.54) is 49.8 Å². The Morgan fingerprint density at radius 3 is 2.47 bits per heavy atom. The molecule has 1 nitrogen and oxygen atoms in total. The maximum Gasteiger partial charge on any atom is 0.118 e. The van der Waals surface area contributed by atoms with E-state index in [1.807, 2.05) is 23.9 Å². The molecule has 0 aromatic heterocycles. The Labute approximate surface area is 122 Å². The van der Waals surface area contributed by atoms with Crippen molar-refractivity contribution in [2.45, 2.75) is 64.5 Å². The molecule has 0 saturated carbocycles. The molecule has 1 N–H and O–H groups in total. The molecule has 1 aromatic rings. The van der Waals surface area contributed by atoms with Crippen LogP contribution in [-0.2, 0) is 12.2 Å². The van der Waals surface area contributed by atoms with Gasteiger partial charge in [-0.3, -0.25) is 0 Å². The molecule has 0 radical (unpaired) electrons. The number of aryl methyl sites for hydroxylation is 1. The fourth-order valence-electron chi connectivity index (χ4n) is 2.19. The predicted molar refractivity (Wildman–Crippen MR) is 87.0 cm³/mol. The van der Waals surface area contributed by atoms with Crippen LogP contribution in [0.2, 0.25) is 0 Å². The van der Waals surface area contributed by atoms with E-state index in [4.69, 9.17) is 0 Å². The minimum absolute atomic E-state index is 0.437. The van der Waals surface area contributed by atoms with Crippen LogP contribution in [0.3, 0.4) is 0 Å². The Hall–Kier alpha value is -0.630. The highest BCUT2D eigenvalue weighted by atomic mass is 32.2. The first kappa shape index (κ1) is 16.4. The van der Waals surface area contributed by atoms with Gasteiger partial charge in [-0.05, 0) is 35.8 Å². The number of aromatic hydroxyl groups is 1. The number of hydrogen-bond donors (Lipinski definition) is 1. The van der Waals surface area contributed by atoms with Crippen LogP contribution in [0.4, 0.5) is 0 Å². The van der Waals surface area contributed by atoms with Crippen molar-refractivity contribution in [1.29, 1.82) is 0 Å². The molecule has 0 aliphatic heterocycles. The Kier molecular flexibility index (Phi) is 8.81. The molecular formula is C17H28OS. The molecule has 108 valence electrons. The van der Waals surface area contributed by atoms with Crippen molar-refractivity contribution in [2.75, 3.05) is 5.75 Å². The monoisotopic (exact) mass is 280 g/mol. The Bertz CT molecular complexity index is 349. The summed E-state index contributed by atoms with van der Waals surface area (Å²) in [5.74, 6) is 2.77. The van der Waals surface area contributed by atoms with Gasteiger partial charge < -0.3 is 5.11 Å². The van der Waals surface area contributed by atoms with Crippen LogP contribution >= 0.6 is 11.8 Å². The average molecular weight is 280 g/mol. The quantitative estimate of drug-likeness (QED) is 0.567. The van der Waals surface area contributed by atoms with E-state index < -0.39 is 0 Å². The van der Waals surface area contributed by atoms with Crippen molar-refractivity contribution < 1.29 is 5.11 Å². The lowest BCUT2D eigenvalue weighted by atomic mass is 10.1. The van der Waals surface area contributed by atoms with Crippen LogP contribution in [0.1, 0.15) is 63.5 Å². The van der Waals surface area contributed by atoms with E-state index in [0.29, 0.717) is 5.75 Å². The summed E-state index contributed by atoms with van der Waals surface area (Å²) in [7, 11) is 0. The standard InChI is InChI=1S/C17H28OS/c1-3-5-6-7-8-9-12-19-14-15-10-11-17(18)16(4-2)13-15/h10-11,13,18H,3-9,12,14H2,1-2H3. The highest BCUT2D eigenvalue weighted by Crippen LogP contribution is 2.22. The number of thioether (sulfide) groups is 1. The van der Waals surface area contributed by atoms with Crippen molar-refractivity contribution >= 4 is 11.8 Å². The molecule has 0 aliphatic carbocycles. The summed E-state index contributed by atoms with van der Waals surface area (Å²) >= 11 is 2.01. The SMILES string of the molecule is CCCCCCCCSCc1ccc(O)c(CC)c1. The Morgan fingerprint density at radius 1 is 1.00 bits per heavy atom. The lowest BCUT2D eigenvalue weighted by molar-refractivity contribution is 0.468. The van der Waals surface area contributed by atoms with Gasteiger partial charge in [0.1, 0.15) is 5.75 Å². The lowest BCUT2D eigenvalue weighted by Gasteiger charge is -2.06. The molecule has 1 aromatic carbocycles. The van der Waals surface area contributed by atoms with E-state index in [1.54, 1.807) is 0 Å². The summed E-state index contributed by atoms with van der Waals surface area (Å²) in [4.78, 5) is 0. The fraction of sp³-hybridized carbons (Fsp3) is 0.647. The van der Waals surface area contributed by atoms with Crippen LogP contribution in [0.15, 0.2) is 18.2 Å². The van der Waals surface area contributed by atoms with Gasteiger partial charge >= 0.3 is 0 Å². The van der Waals surface area contributed by atoms with Gasteiger partial charge in [-0.1, -0.05) is 58.1 Å². The van der Waals surface area contributed by atoms with E-state index in [-0.39, 0.29) is 0 Å². The summed E-state index contributed by atoms with van der Waals surface area (Å²) in [6.07, 6.45) is 9.14. The van der Waals surface area contributed by atoms with Crippen molar-refractivity contribution in [3.05, 3.63) is 29.3 Å². The minimum Gasteiger partial charge on any atom is -0.508 e. The largest absolute Gasteiger partial charge is 0.508 e. The molecule has 0 amide bonds. The zero-order chi connectivity index (χ0) is 13.9. The fourth-order valence-corrected chi connectivity index (χ4v) is 3.15. The van der Waals surface area contributed by atoms with Gasteiger partial charge in [-0.25, -0.2) is 0 Å². The zero-order valence-corrected chi connectivity index (χ0v) is 13.3. The normalized spacial score (nSPS) is 10.8. The molecule has 0 heterocycles. The van der Waals surface area contributed by atoms with E-state index >= 15 is 0 Å². The first-order valence-corrected chi connectivity index (χ1v) is 8.82. The van der Waals surface area contributed by atoms with E-state index in [0.717, 1.165) is 17.7 Å². The van der Waals surface area contributed by atoms with Gasteiger partial charge in [-0.15, -0.1) is 0 Å². The first-order valence-electron chi connectivity index (χ1n) is 7.66.